The van der Waals surface area contributed by atoms with Gasteiger partial charge in [-0.25, -0.2) is 4.39 Å². The Morgan fingerprint density at radius 1 is 1.10 bits per heavy atom. The van der Waals surface area contributed by atoms with Gasteiger partial charge in [-0.15, -0.1) is 0 Å². The SMILES string of the molecule is Cc1ccc(CC(O)Cc2c(F)cccc2Cl)c(Cl)c1. The quantitative estimate of drug-likeness (QED) is 0.875. The van der Waals surface area contributed by atoms with Crippen molar-refractivity contribution in [2.24, 2.45) is 0 Å². The second-order valence-corrected chi connectivity index (χ2v) is 5.67. The highest BCUT2D eigenvalue weighted by Gasteiger charge is 2.14. The maximum Gasteiger partial charge on any atom is 0.127 e. The molecule has 20 heavy (non-hydrogen) atoms. The van der Waals surface area contributed by atoms with Crippen LogP contribution in [0.15, 0.2) is 36.4 Å². The zero-order valence-electron chi connectivity index (χ0n) is 11.0. The van der Waals surface area contributed by atoms with Gasteiger partial charge in [-0.1, -0.05) is 41.4 Å². The summed E-state index contributed by atoms with van der Waals surface area (Å²) >= 11 is 12.1. The number of benzene rings is 2. The molecule has 0 saturated heterocycles. The molecule has 0 aromatic heterocycles. The van der Waals surface area contributed by atoms with Crippen molar-refractivity contribution in [2.45, 2.75) is 25.9 Å². The molecule has 1 N–H and O–H groups in total. The highest BCUT2D eigenvalue weighted by molar-refractivity contribution is 6.31. The van der Waals surface area contributed by atoms with Crippen molar-refractivity contribution in [3.8, 4) is 0 Å². The molecule has 0 bridgehead atoms. The smallest absolute Gasteiger partial charge is 0.127 e. The van der Waals surface area contributed by atoms with Crippen LogP contribution in [0, 0.1) is 12.7 Å². The molecule has 4 heteroatoms. The molecule has 0 spiro atoms. The minimum Gasteiger partial charge on any atom is -0.392 e. The minimum atomic E-state index is -0.732. The molecule has 1 unspecified atom stereocenters. The van der Waals surface area contributed by atoms with Crippen molar-refractivity contribution < 1.29 is 9.50 Å². The van der Waals surface area contributed by atoms with Gasteiger partial charge in [0.25, 0.3) is 0 Å². The topological polar surface area (TPSA) is 20.2 Å². The van der Waals surface area contributed by atoms with E-state index in [2.05, 4.69) is 0 Å². The van der Waals surface area contributed by atoms with Crippen molar-refractivity contribution in [3.63, 3.8) is 0 Å². The molecule has 2 aromatic rings. The lowest BCUT2D eigenvalue weighted by Gasteiger charge is -2.14. The molecule has 0 aliphatic carbocycles. The summed E-state index contributed by atoms with van der Waals surface area (Å²) in [4.78, 5) is 0. The number of aliphatic hydroxyl groups excluding tert-OH is 1. The summed E-state index contributed by atoms with van der Waals surface area (Å²) in [6.07, 6.45) is -0.205. The largest absolute Gasteiger partial charge is 0.392 e. The summed E-state index contributed by atoms with van der Waals surface area (Å²) in [5.74, 6) is -0.397. The molecule has 0 aliphatic rings. The highest BCUT2D eigenvalue weighted by Crippen LogP contribution is 2.23. The third-order valence-electron chi connectivity index (χ3n) is 3.17. The molecule has 0 amide bonds. The number of hydrogen-bond donors (Lipinski definition) is 1. The zero-order chi connectivity index (χ0) is 14.7. The van der Waals surface area contributed by atoms with E-state index < -0.39 is 11.9 Å². The number of halogens is 3. The van der Waals surface area contributed by atoms with E-state index in [1.54, 1.807) is 12.1 Å². The molecular weight excluding hydrogens is 298 g/mol. The van der Waals surface area contributed by atoms with Gasteiger partial charge in [0.1, 0.15) is 5.82 Å². The first-order valence-electron chi connectivity index (χ1n) is 6.33. The molecule has 0 aliphatic heterocycles. The fourth-order valence-electron chi connectivity index (χ4n) is 2.11. The van der Waals surface area contributed by atoms with E-state index in [1.807, 2.05) is 25.1 Å². The highest BCUT2D eigenvalue weighted by atomic mass is 35.5. The van der Waals surface area contributed by atoms with Crippen LogP contribution in [-0.2, 0) is 12.8 Å². The van der Waals surface area contributed by atoms with Crippen molar-refractivity contribution in [1.29, 1.82) is 0 Å². The fraction of sp³-hybridized carbons (Fsp3) is 0.250. The molecule has 0 fully saturated rings. The van der Waals surface area contributed by atoms with Gasteiger partial charge in [-0.2, -0.15) is 0 Å². The van der Waals surface area contributed by atoms with Crippen LogP contribution in [0.4, 0.5) is 4.39 Å². The molecule has 1 atom stereocenters. The lowest BCUT2D eigenvalue weighted by Crippen LogP contribution is -2.15. The van der Waals surface area contributed by atoms with Crippen LogP contribution in [0.5, 0.6) is 0 Å². The van der Waals surface area contributed by atoms with E-state index in [4.69, 9.17) is 23.2 Å². The van der Waals surface area contributed by atoms with Crippen LogP contribution >= 0.6 is 23.2 Å². The summed E-state index contributed by atoms with van der Waals surface area (Å²) in [6, 6.07) is 10.2. The van der Waals surface area contributed by atoms with Crippen LogP contribution in [0.25, 0.3) is 0 Å². The van der Waals surface area contributed by atoms with Crippen LogP contribution < -0.4 is 0 Å². The van der Waals surface area contributed by atoms with Crippen LogP contribution in [0.1, 0.15) is 16.7 Å². The normalized spacial score (nSPS) is 12.4. The summed E-state index contributed by atoms with van der Waals surface area (Å²) < 4.78 is 13.7. The predicted molar refractivity (Wildman–Crippen MR) is 81.0 cm³/mol. The van der Waals surface area contributed by atoms with Crippen LogP contribution in [-0.4, -0.2) is 11.2 Å². The lowest BCUT2D eigenvalue weighted by atomic mass is 10.00. The van der Waals surface area contributed by atoms with Crippen LogP contribution in [0.2, 0.25) is 10.0 Å². The van der Waals surface area contributed by atoms with E-state index in [0.717, 1.165) is 11.1 Å². The Kier molecular flexibility index (Phi) is 5.03. The van der Waals surface area contributed by atoms with Crippen molar-refractivity contribution in [3.05, 3.63) is 69.0 Å². The third-order valence-corrected chi connectivity index (χ3v) is 3.87. The van der Waals surface area contributed by atoms with Gasteiger partial charge in [0.15, 0.2) is 0 Å². The van der Waals surface area contributed by atoms with Gasteiger partial charge < -0.3 is 5.11 Å². The molecule has 0 radical (unpaired) electrons. The van der Waals surface area contributed by atoms with E-state index in [9.17, 15) is 9.50 Å². The summed E-state index contributed by atoms with van der Waals surface area (Å²) in [7, 11) is 0. The molecule has 2 aromatic carbocycles. The summed E-state index contributed by atoms with van der Waals surface area (Å²) in [5, 5.41) is 11.1. The molecular formula is C16H15Cl2FO. The first-order chi connectivity index (χ1) is 9.47. The monoisotopic (exact) mass is 312 g/mol. The van der Waals surface area contributed by atoms with Crippen molar-refractivity contribution in [2.75, 3.05) is 0 Å². The van der Waals surface area contributed by atoms with Crippen molar-refractivity contribution in [1.82, 2.24) is 0 Å². The van der Waals surface area contributed by atoms with E-state index in [0.29, 0.717) is 22.0 Å². The summed E-state index contributed by atoms with van der Waals surface area (Å²) in [5.41, 5.74) is 2.24. The van der Waals surface area contributed by atoms with Crippen molar-refractivity contribution >= 4 is 23.2 Å². The van der Waals surface area contributed by atoms with Gasteiger partial charge in [0.2, 0.25) is 0 Å². The number of hydrogen-bond acceptors (Lipinski definition) is 1. The zero-order valence-corrected chi connectivity index (χ0v) is 12.5. The molecule has 1 nitrogen and oxygen atoms in total. The first-order valence-corrected chi connectivity index (χ1v) is 7.09. The van der Waals surface area contributed by atoms with Gasteiger partial charge in [-0.05, 0) is 36.2 Å². The maximum absolute atomic E-state index is 13.7. The Balaban J connectivity index is 2.11. The molecule has 0 heterocycles. The second kappa shape index (κ2) is 6.57. The van der Waals surface area contributed by atoms with Gasteiger partial charge in [0.05, 0.1) is 6.10 Å². The maximum atomic E-state index is 13.7. The average molecular weight is 313 g/mol. The molecule has 0 saturated carbocycles. The van der Waals surface area contributed by atoms with Gasteiger partial charge in [0, 0.05) is 28.5 Å². The number of rotatable bonds is 4. The number of aryl methyl sites for hydroxylation is 1. The van der Waals surface area contributed by atoms with E-state index in [1.165, 1.54) is 6.07 Å². The first kappa shape index (κ1) is 15.3. The Hall–Kier alpha value is -1.09. The van der Waals surface area contributed by atoms with E-state index >= 15 is 0 Å². The standard InChI is InChI=1S/C16H15Cl2FO/c1-10-5-6-11(15(18)7-10)8-12(20)9-13-14(17)3-2-4-16(13)19/h2-7,12,20H,8-9H2,1H3. The Labute approximate surface area is 128 Å². The summed E-state index contributed by atoms with van der Waals surface area (Å²) in [6.45, 7) is 1.95. The molecule has 106 valence electrons. The predicted octanol–water partition coefficient (Wildman–Crippen LogP) is 4.59. The van der Waals surface area contributed by atoms with Gasteiger partial charge in [-0.3, -0.25) is 0 Å². The van der Waals surface area contributed by atoms with Crippen LogP contribution in [0.3, 0.4) is 0 Å². The Morgan fingerprint density at radius 2 is 1.85 bits per heavy atom. The lowest BCUT2D eigenvalue weighted by molar-refractivity contribution is 0.174. The Bertz CT molecular complexity index is 593. The average Bonchev–Trinajstić information content (AvgIpc) is 2.37. The third kappa shape index (κ3) is 3.72. The fourth-order valence-corrected chi connectivity index (χ4v) is 2.66. The molecule has 2 rings (SSSR count). The second-order valence-electron chi connectivity index (χ2n) is 4.86. The Morgan fingerprint density at radius 3 is 2.50 bits per heavy atom. The van der Waals surface area contributed by atoms with Gasteiger partial charge >= 0.3 is 0 Å². The van der Waals surface area contributed by atoms with E-state index in [-0.39, 0.29) is 6.42 Å². The number of aliphatic hydroxyl groups is 1. The minimum absolute atomic E-state index is 0.162.